The molecule has 3 saturated heterocycles. The number of nitrogens with zero attached hydrogens (tertiary/aromatic N) is 5. The number of carboxylic acid groups (broad SMARTS) is 1. The Hall–Kier alpha value is -3.52. The van der Waals surface area contributed by atoms with Gasteiger partial charge in [0, 0.05) is 38.3 Å². The Morgan fingerprint density at radius 3 is 2.71 bits per heavy atom. The number of amides is 2. The number of aliphatic hydroxyl groups is 1. The zero-order valence-electron chi connectivity index (χ0n) is 18.4. The third kappa shape index (κ3) is 4.01. The molecule has 0 saturated carbocycles. The topological polar surface area (TPSA) is 132 Å². The molecule has 0 spiro atoms. The molecular weight excluding hydrogens is 488 g/mol. The van der Waals surface area contributed by atoms with Gasteiger partial charge in [0.15, 0.2) is 16.8 Å². The fourth-order valence-electron chi connectivity index (χ4n) is 4.45. The van der Waals surface area contributed by atoms with E-state index in [0.717, 1.165) is 13.5 Å². The Morgan fingerprint density at radius 1 is 1.34 bits per heavy atom. The molecule has 186 valence electrons. The van der Waals surface area contributed by atoms with Crippen LogP contribution in [-0.2, 0) is 4.79 Å². The summed E-state index contributed by atoms with van der Waals surface area (Å²) in [6.45, 7) is -0.0677. The summed E-state index contributed by atoms with van der Waals surface area (Å²) in [7, 11) is 1.13. The van der Waals surface area contributed by atoms with Gasteiger partial charge in [-0.15, -0.1) is 11.3 Å². The fraction of sp³-hybridized carbons (Fsp3) is 0.429. The average Bonchev–Trinajstić information content (AvgIpc) is 3.49. The van der Waals surface area contributed by atoms with E-state index in [2.05, 4.69) is 9.97 Å². The van der Waals surface area contributed by atoms with Crippen molar-refractivity contribution in [1.29, 1.82) is 0 Å². The minimum Gasteiger partial charge on any atom is -0.465 e. The largest absolute Gasteiger partial charge is 0.482 e. The SMILES string of the molecule is CN(CCO)C(=O)C(F)(F)Oc1ccc(-c2nccs2)c2oc(N3CC4CC(C3)N4C(=O)O)nc12. The van der Waals surface area contributed by atoms with Crippen LogP contribution in [0.5, 0.6) is 5.75 Å². The molecule has 2 N–H and O–H groups in total. The van der Waals surface area contributed by atoms with E-state index in [4.69, 9.17) is 14.3 Å². The molecule has 3 aliphatic heterocycles. The minimum atomic E-state index is -4.21. The van der Waals surface area contributed by atoms with Crippen LogP contribution in [-0.4, -0.2) is 93.5 Å². The summed E-state index contributed by atoms with van der Waals surface area (Å²) >= 11 is 1.32. The molecule has 2 aromatic heterocycles. The van der Waals surface area contributed by atoms with Crippen LogP contribution >= 0.6 is 11.3 Å². The van der Waals surface area contributed by atoms with Gasteiger partial charge in [-0.1, -0.05) is 0 Å². The van der Waals surface area contributed by atoms with Crippen LogP contribution in [0.4, 0.5) is 19.6 Å². The second-order valence-electron chi connectivity index (χ2n) is 8.33. The number of piperazine rings is 1. The molecule has 2 bridgehead atoms. The Kier molecular flexibility index (Phi) is 5.71. The van der Waals surface area contributed by atoms with Gasteiger partial charge in [0.1, 0.15) is 5.01 Å². The zero-order valence-corrected chi connectivity index (χ0v) is 19.2. The number of oxazole rings is 1. The number of benzene rings is 1. The monoisotopic (exact) mass is 509 g/mol. The average molecular weight is 509 g/mol. The molecule has 2 atom stereocenters. The molecule has 3 aromatic rings. The number of ether oxygens (including phenoxy) is 1. The van der Waals surface area contributed by atoms with Crippen LogP contribution in [0.1, 0.15) is 6.42 Å². The van der Waals surface area contributed by atoms with Crippen molar-refractivity contribution >= 4 is 40.5 Å². The van der Waals surface area contributed by atoms with Crippen molar-refractivity contribution < 1.29 is 37.7 Å². The number of aromatic nitrogens is 2. The fourth-order valence-corrected chi connectivity index (χ4v) is 5.11. The first-order valence-corrected chi connectivity index (χ1v) is 11.6. The van der Waals surface area contributed by atoms with Crippen molar-refractivity contribution in [3.63, 3.8) is 0 Å². The van der Waals surface area contributed by atoms with Crippen LogP contribution < -0.4 is 9.64 Å². The number of thiazole rings is 1. The zero-order chi connectivity index (χ0) is 24.9. The lowest BCUT2D eigenvalue weighted by atomic mass is 9.88. The van der Waals surface area contributed by atoms with Crippen molar-refractivity contribution in [2.75, 3.05) is 38.2 Å². The molecule has 2 unspecified atom stereocenters. The van der Waals surface area contributed by atoms with Crippen LogP contribution in [0.2, 0.25) is 0 Å². The maximum absolute atomic E-state index is 14.7. The Morgan fingerprint density at radius 2 is 2.09 bits per heavy atom. The van der Waals surface area contributed by atoms with E-state index in [9.17, 15) is 23.5 Å². The number of halogens is 2. The number of aliphatic hydroxyl groups excluding tert-OH is 1. The quantitative estimate of drug-likeness (QED) is 0.492. The van der Waals surface area contributed by atoms with Crippen molar-refractivity contribution in [2.24, 2.45) is 0 Å². The predicted octanol–water partition coefficient (Wildman–Crippen LogP) is 2.31. The van der Waals surface area contributed by atoms with Gasteiger partial charge >= 0.3 is 18.1 Å². The third-order valence-corrected chi connectivity index (χ3v) is 6.92. The number of carbonyl (C=O) groups excluding carboxylic acids is 1. The Labute approximate surface area is 201 Å². The second kappa shape index (κ2) is 8.61. The summed E-state index contributed by atoms with van der Waals surface area (Å²) < 4.78 is 40.2. The van der Waals surface area contributed by atoms with Crippen LogP contribution in [0.25, 0.3) is 21.7 Å². The van der Waals surface area contributed by atoms with Gasteiger partial charge in [-0.05, 0) is 18.6 Å². The number of piperidine rings is 1. The molecule has 14 heteroatoms. The highest BCUT2D eigenvalue weighted by Gasteiger charge is 2.49. The first-order chi connectivity index (χ1) is 16.7. The number of hydrogen-bond donors (Lipinski definition) is 2. The summed E-state index contributed by atoms with van der Waals surface area (Å²) in [5, 5.41) is 20.6. The van der Waals surface area contributed by atoms with Crippen molar-refractivity contribution in [2.45, 2.75) is 24.6 Å². The van der Waals surface area contributed by atoms with Crippen LogP contribution in [0.3, 0.4) is 0 Å². The Balaban J connectivity index is 1.50. The van der Waals surface area contributed by atoms with Gasteiger partial charge in [-0.3, -0.25) is 9.69 Å². The molecule has 2 amide bonds. The van der Waals surface area contributed by atoms with Crippen LogP contribution in [0, 0.1) is 0 Å². The van der Waals surface area contributed by atoms with E-state index in [0.29, 0.717) is 28.6 Å². The highest BCUT2D eigenvalue weighted by atomic mass is 32.1. The standard InChI is InChI=1S/C21H21F2N5O6S/c1-26(5-6-29)18(30)21(22,23)34-14-3-2-13(17-24-4-7-35-17)16-15(14)25-19(33-16)27-9-11-8-12(10-27)28(11)20(31)32/h2-4,7,11-12,29H,5-6,8-10H2,1H3,(H,31,32). The molecule has 35 heavy (non-hydrogen) atoms. The molecule has 0 aliphatic carbocycles. The summed E-state index contributed by atoms with van der Waals surface area (Å²) in [6, 6.07) is 2.50. The van der Waals surface area contributed by atoms with E-state index in [1.807, 2.05) is 0 Å². The molecular formula is C21H21F2N5O6S. The lowest BCUT2D eigenvalue weighted by Crippen LogP contribution is -2.70. The van der Waals surface area contributed by atoms with Crippen molar-refractivity contribution in [1.82, 2.24) is 19.8 Å². The van der Waals surface area contributed by atoms with E-state index >= 15 is 0 Å². The minimum absolute atomic E-state index is 0.0145. The molecule has 11 nitrogen and oxygen atoms in total. The predicted molar refractivity (Wildman–Crippen MR) is 120 cm³/mol. The lowest BCUT2D eigenvalue weighted by molar-refractivity contribution is -0.202. The van der Waals surface area contributed by atoms with Crippen LogP contribution in [0.15, 0.2) is 28.1 Å². The number of fused-ring (bicyclic) bond motifs is 3. The van der Waals surface area contributed by atoms with E-state index in [1.165, 1.54) is 28.4 Å². The first kappa shape index (κ1) is 23.2. The summed E-state index contributed by atoms with van der Waals surface area (Å²) in [4.78, 5) is 36.1. The smallest absolute Gasteiger partial charge is 0.465 e. The lowest BCUT2D eigenvalue weighted by Gasteiger charge is -2.54. The summed E-state index contributed by atoms with van der Waals surface area (Å²) in [5.41, 5.74) is 0.663. The number of rotatable bonds is 7. The van der Waals surface area contributed by atoms with Gasteiger partial charge in [-0.2, -0.15) is 13.8 Å². The van der Waals surface area contributed by atoms with Gasteiger partial charge in [0.05, 0.1) is 24.3 Å². The molecule has 0 radical (unpaired) electrons. The normalized spacial score (nSPS) is 19.5. The molecule has 6 rings (SSSR count). The number of carbonyl (C=O) groups is 2. The highest BCUT2D eigenvalue weighted by molar-refractivity contribution is 7.13. The summed E-state index contributed by atoms with van der Waals surface area (Å²) in [6.07, 6.45) is -2.87. The molecule has 5 heterocycles. The third-order valence-electron chi connectivity index (χ3n) is 6.11. The Bertz CT molecular complexity index is 1260. The maximum Gasteiger partial charge on any atom is 0.482 e. The number of alkyl halides is 2. The summed E-state index contributed by atoms with van der Waals surface area (Å²) in [5.74, 6) is -1.97. The van der Waals surface area contributed by atoms with Gasteiger partial charge < -0.3 is 29.2 Å². The van der Waals surface area contributed by atoms with E-state index in [-0.39, 0.29) is 41.5 Å². The van der Waals surface area contributed by atoms with Gasteiger partial charge in [0.2, 0.25) is 0 Å². The second-order valence-corrected chi connectivity index (χ2v) is 9.22. The van der Waals surface area contributed by atoms with Gasteiger partial charge in [-0.25, -0.2) is 9.78 Å². The number of likely N-dealkylation sites (N-methyl/N-ethyl adjacent to an activating group) is 1. The van der Waals surface area contributed by atoms with E-state index in [1.54, 1.807) is 16.5 Å². The number of hydrogen-bond acceptors (Lipinski definition) is 9. The number of anilines is 1. The molecule has 3 fully saturated rings. The first-order valence-electron chi connectivity index (χ1n) is 10.7. The van der Waals surface area contributed by atoms with Gasteiger partial charge in [0.25, 0.3) is 6.01 Å². The van der Waals surface area contributed by atoms with E-state index < -0.39 is 24.7 Å². The molecule has 3 aliphatic rings. The van der Waals surface area contributed by atoms with Crippen molar-refractivity contribution in [3.05, 3.63) is 23.7 Å². The maximum atomic E-state index is 14.7. The highest BCUT2D eigenvalue weighted by Crippen LogP contribution is 2.41. The molecule has 1 aromatic carbocycles. The van der Waals surface area contributed by atoms with Crippen molar-refractivity contribution in [3.8, 4) is 16.3 Å².